The van der Waals surface area contributed by atoms with Gasteiger partial charge in [0, 0.05) is 31.2 Å². The Bertz CT molecular complexity index is 739. The van der Waals surface area contributed by atoms with Gasteiger partial charge in [-0.3, -0.25) is 4.79 Å². The fourth-order valence-electron chi connectivity index (χ4n) is 2.71. The number of amides is 3. The van der Waals surface area contributed by atoms with Crippen LogP contribution in [0.2, 0.25) is 0 Å². The highest BCUT2D eigenvalue weighted by molar-refractivity contribution is 7.89. The van der Waals surface area contributed by atoms with Gasteiger partial charge in [-0.15, -0.1) is 0 Å². The molecule has 0 atom stereocenters. The first-order chi connectivity index (χ1) is 12.2. The quantitative estimate of drug-likeness (QED) is 0.687. The monoisotopic (exact) mass is 382 g/mol. The molecule has 0 aromatic heterocycles. The standard InChI is InChI=1S/C17H26N4O4S/c1-12(2)11-19-17(23)20-14-3-5-15(6-4-14)26(24,25)21-9-7-13(8-10-21)16(18)22/h3-6,12-13H,7-11H2,1-2H3,(H2,18,22)(H2,19,20,23). The van der Waals surface area contributed by atoms with Crippen LogP contribution in [0.15, 0.2) is 29.2 Å². The molecule has 0 bridgehead atoms. The summed E-state index contributed by atoms with van der Waals surface area (Å²) in [6.07, 6.45) is 0.869. The van der Waals surface area contributed by atoms with Crippen LogP contribution in [0.4, 0.5) is 10.5 Å². The zero-order valence-corrected chi connectivity index (χ0v) is 15.9. The molecule has 1 aromatic carbocycles. The molecular formula is C17H26N4O4S. The average molecular weight is 382 g/mol. The molecule has 4 N–H and O–H groups in total. The van der Waals surface area contributed by atoms with Crippen molar-refractivity contribution in [2.24, 2.45) is 17.6 Å². The van der Waals surface area contributed by atoms with Crippen LogP contribution in [0.25, 0.3) is 0 Å². The SMILES string of the molecule is CC(C)CNC(=O)Nc1ccc(S(=O)(=O)N2CCC(C(N)=O)CC2)cc1. The molecule has 1 heterocycles. The number of nitrogens with zero attached hydrogens (tertiary/aromatic N) is 1. The van der Waals surface area contributed by atoms with E-state index in [0.29, 0.717) is 31.0 Å². The van der Waals surface area contributed by atoms with Gasteiger partial charge in [-0.1, -0.05) is 13.8 Å². The molecule has 9 heteroatoms. The second-order valence-electron chi connectivity index (χ2n) is 6.83. The first kappa shape index (κ1) is 20.2. The third-order valence-corrected chi connectivity index (χ3v) is 6.19. The van der Waals surface area contributed by atoms with Crippen LogP contribution in [0, 0.1) is 11.8 Å². The molecule has 0 radical (unpaired) electrons. The minimum Gasteiger partial charge on any atom is -0.369 e. The third-order valence-electron chi connectivity index (χ3n) is 4.28. The number of sulfonamides is 1. The number of carbonyl (C=O) groups is 2. The van der Waals surface area contributed by atoms with Gasteiger partial charge in [0.25, 0.3) is 0 Å². The number of urea groups is 1. The van der Waals surface area contributed by atoms with E-state index in [1.807, 2.05) is 13.8 Å². The van der Waals surface area contributed by atoms with Gasteiger partial charge in [0.2, 0.25) is 15.9 Å². The fourth-order valence-corrected chi connectivity index (χ4v) is 4.18. The number of hydrogen-bond acceptors (Lipinski definition) is 4. The number of nitrogens with two attached hydrogens (primary N) is 1. The molecule has 0 aliphatic carbocycles. The topological polar surface area (TPSA) is 122 Å². The van der Waals surface area contributed by atoms with Crippen LogP contribution in [0.3, 0.4) is 0 Å². The van der Waals surface area contributed by atoms with Crippen LogP contribution in [0.5, 0.6) is 0 Å². The molecule has 2 rings (SSSR count). The molecule has 1 saturated heterocycles. The van der Waals surface area contributed by atoms with Crippen molar-refractivity contribution < 1.29 is 18.0 Å². The number of hydrogen-bond donors (Lipinski definition) is 3. The van der Waals surface area contributed by atoms with E-state index in [4.69, 9.17) is 5.73 Å². The second-order valence-corrected chi connectivity index (χ2v) is 8.77. The largest absolute Gasteiger partial charge is 0.369 e. The summed E-state index contributed by atoms with van der Waals surface area (Å²) in [6, 6.07) is 5.71. The Morgan fingerprint density at radius 1 is 1.19 bits per heavy atom. The van der Waals surface area contributed by atoms with Gasteiger partial charge >= 0.3 is 6.03 Å². The Balaban J connectivity index is 1.98. The van der Waals surface area contributed by atoms with Crippen LogP contribution in [0.1, 0.15) is 26.7 Å². The maximum atomic E-state index is 12.7. The van der Waals surface area contributed by atoms with Gasteiger partial charge in [-0.05, 0) is 43.0 Å². The van der Waals surface area contributed by atoms with Gasteiger partial charge < -0.3 is 16.4 Å². The van der Waals surface area contributed by atoms with Crippen molar-refractivity contribution >= 4 is 27.6 Å². The average Bonchev–Trinajstić information content (AvgIpc) is 2.60. The minimum absolute atomic E-state index is 0.156. The van der Waals surface area contributed by atoms with Crippen LogP contribution in [-0.2, 0) is 14.8 Å². The summed E-state index contributed by atoms with van der Waals surface area (Å²) < 4.78 is 26.7. The van der Waals surface area contributed by atoms with E-state index in [-0.39, 0.29) is 35.8 Å². The number of benzene rings is 1. The lowest BCUT2D eigenvalue weighted by Gasteiger charge is -2.29. The molecule has 1 aliphatic heterocycles. The van der Waals surface area contributed by atoms with Crippen molar-refractivity contribution in [1.29, 1.82) is 0 Å². The van der Waals surface area contributed by atoms with Crippen molar-refractivity contribution in [2.75, 3.05) is 25.0 Å². The van der Waals surface area contributed by atoms with Crippen molar-refractivity contribution in [3.8, 4) is 0 Å². The van der Waals surface area contributed by atoms with Crippen LogP contribution in [-0.4, -0.2) is 44.3 Å². The van der Waals surface area contributed by atoms with E-state index < -0.39 is 10.0 Å². The molecular weight excluding hydrogens is 356 g/mol. The van der Waals surface area contributed by atoms with Gasteiger partial charge in [0.1, 0.15) is 0 Å². The van der Waals surface area contributed by atoms with Crippen molar-refractivity contribution in [2.45, 2.75) is 31.6 Å². The van der Waals surface area contributed by atoms with E-state index >= 15 is 0 Å². The normalized spacial score (nSPS) is 16.4. The van der Waals surface area contributed by atoms with Crippen molar-refractivity contribution in [3.05, 3.63) is 24.3 Å². The Kier molecular flexibility index (Phi) is 6.60. The van der Waals surface area contributed by atoms with Gasteiger partial charge in [-0.25, -0.2) is 13.2 Å². The lowest BCUT2D eigenvalue weighted by molar-refractivity contribution is -0.122. The lowest BCUT2D eigenvalue weighted by atomic mass is 9.98. The molecule has 1 aromatic rings. The fraction of sp³-hybridized carbons (Fsp3) is 0.529. The number of piperidine rings is 1. The number of rotatable bonds is 6. The predicted octanol–water partition coefficient (Wildman–Crippen LogP) is 1.35. The third kappa shape index (κ3) is 5.18. The first-order valence-corrected chi connectivity index (χ1v) is 10.1. The van der Waals surface area contributed by atoms with E-state index in [9.17, 15) is 18.0 Å². The zero-order valence-electron chi connectivity index (χ0n) is 15.1. The lowest BCUT2D eigenvalue weighted by Crippen LogP contribution is -2.41. The maximum absolute atomic E-state index is 12.7. The summed E-state index contributed by atoms with van der Waals surface area (Å²) in [5.74, 6) is -0.308. The van der Waals surface area contributed by atoms with Gasteiger partial charge in [0.05, 0.1) is 4.90 Å². The number of primary amides is 1. The summed E-state index contributed by atoms with van der Waals surface area (Å²) in [7, 11) is -3.62. The first-order valence-electron chi connectivity index (χ1n) is 8.64. The highest BCUT2D eigenvalue weighted by Gasteiger charge is 2.31. The smallest absolute Gasteiger partial charge is 0.319 e. The Morgan fingerprint density at radius 2 is 1.77 bits per heavy atom. The molecule has 26 heavy (non-hydrogen) atoms. The summed E-state index contributed by atoms with van der Waals surface area (Å²) in [4.78, 5) is 23.1. The van der Waals surface area contributed by atoms with Crippen molar-refractivity contribution in [3.63, 3.8) is 0 Å². The molecule has 0 saturated carbocycles. The van der Waals surface area contributed by atoms with Crippen molar-refractivity contribution in [1.82, 2.24) is 9.62 Å². The molecule has 1 fully saturated rings. The molecule has 3 amide bonds. The summed E-state index contributed by atoms with van der Waals surface area (Å²) in [5, 5.41) is 5.39. The predicted molar refractivity (Wildman–Crippen MR) is 99.0 cm³/mol. The second kappa shape index (κ2) is 8.50. The van der Waals surface area contributed by atoms with E-state index in [2.05, 4.69) is 10.6 Å². The Morgan fingerprint density at radius 3 is 2.27 bits per heavy atom. The minimum atomic E-state index is -3.62. The zero-order chi connectivity index (χ0) is 19.3. The summed E-state index contributed by atoms with van der Waals surface area (Å²) in [5.41, 5.74) is 5.79. The van der Waals surface area contributed by atoms with Gasteiger partial charge in [0.15, 0.2) is 0 Å². The molecule has 0 unspecified atom stereocenters. The van der Waals surface area contributed by atoms with Crippen LogP contribution < -0.4 is 16.4 Å². The maximum Gasteiger partial charge on any atom is 0.319 e. The number of carbonyl (C=O) groups excluding carboxylic acids is 2. The summed E-state index contributed by atoms with van der Waals surface area (Å²) >= 11 is 0. The van der Waals surface area contributed by atoms with Crippen LogP contribution >= 0.6 is 0 Å². The van der Waals surface area contributed by atoms with Gasteiger partial charge in [-0.2, -0.15) is 4.31 Å². The molecule has 1 aliphatic rings. The molecule has 0 spiro atoms. The summed E-state index contributed by atoms with van der Waals surface area (Å²) in [6.45, 7) is 5.08. The Labute approximate surface area is 154 Å². The molecule has 8 nitrogen and oxygen atoms in total. The molecule has 144 valence electrons. The Hall–Kier alpha value is -2.13. The number of nitrogens with one attached hydrogen (secondary N) is 2. The number of anilines is 1. The highest BCUT2D eigenvalue weighted by Crippen LogP contribution is 2.24. The van der Waals surface area contributed by atoms with E-state index in [1.165, 1.54) is 16.4 Å². The van der Waals surface area contributed by atoms with E-state index in [0.717, 1.165) is 0 Å². The highest BCUT2D eigenvalue weighted by atomic mass is 32.2. The van der Waals surface area contributed by atoms with E-state index in [1.54, 1.807) is 12.1 Å².